The average Bonchev–Trinajstić information content (AvgIpc) is 3.25. The summed E-state index contributed by atoms with van der Waals surface area (Å²) in [5.74, 6) is 2.02. The van der Waals surface area contributed by atoms with Gasteiger partial charge in [-0.3, -0.25) is 4.79 Å². The van der Waals surface area contributed by atoms with Crippen LogP contribution in [-0.2, 0) is 4.79 Å². The maximum absolute atomic E-state index is 12.9. The van der Waals surface area contributed by atoms with Crippen molar-refractivity contribution in [2.75, 3.05) is 18.0 Å². The smallest absolute Gasteiger partial charge is 0.223 e. The van der Waals surface area contributed by atoms with E-state index in [1.807, 2.05) is 47.0 Å². The summed E-state index contributed by atoms with van der Waals surface area (Å²) >= 11 is 0. The van der Waals surface area contributed by atoms with E-state index in [1.54, 1.807) is 0 Å². The Morgan fingerprint density at radius 2 is 1.56 bits per heavy atom. The van der Waals surface area contributed by atoms with Crippen molar-refractivity contribution in [3.63, 3.8) is 0 Å². The molecule has 5 rings (SSSR count). The second-order valence-electron chi connectivity index (χ2n) is 9.16. The minimum atomic E-state index is 0.107. The quantitative estimate of drug-likeness (QED) is 0.667. The lowest BCUT2D eigenvalue weighted by Crippen LogP contribution is -2.44. The van der Waals surface area contributed by atoms with Gasteiger partial charge in [0.1, 0.15) is 5.82 Å². The molecule has 0 spiro atoms. The molecular weight excluding hydrogens is 400 g/mol. The number of piperidine rings is 1. The number of amides is 1. The highest BCUT2D eigenvalue weighted by Gasteiger charge is 2.27. The first-order valence-corrected chi connectivity index (χ1v) is 12.1. The predicted molar refractivity (Wildman–Crippen MR) is 125 cm³/mol. The lowest BCUT2D eigenvalue weighted by Gasteiger charge is -2.33. The average molecular weight is 433 g/mol. The number of fused-ring (bicyclic) bond motifs is 1. The molecule has 7 nitrogen and oxygen atoms in total. The summed E-state index contributed by atoms with van der Waals surface area (Å²) in [6, 6.07) is 14.4. The van der Waals surface area contributed by atoms with E-state index in [1.165, 1.54) is 32.1 Å². The number of hydrogen-bond donors (Lipinski definition) is 1. The Labute approximate surface area is 189 Å². The standard InChI is InChI=1S/C25H32N6O/c32-25(26-21-11-7-2-1-3-8-12-21)20-15-17-30(18-16-20)23-14-13-22-27-28-24(31(22)29-23)19-9-5-4-6-10-19/h4-6,9-10,13-14,20-21H,1-3,7-8,11-12,15-18H2,(H,26,32). The molecule has 2 aliphatic rings. The van der Waals surface area contributed by atoms with E-state index in [9.17, 15) is 4.79 Å². The molecule has 1 amide bonds. The van der Waals surface area contributed by atoms with E-state index in [0.717, 1.165) is 61.6 Å². The van der Waals surface area contributed by atoms with Gasteiger partial charge in [0.05, 0.1) is 0 Å². The van der Waals surface area contributed by atoms with Crippen molar-refractivity contribution in [1.29, 1.82) is 0 Å². The molecular formula is C25H32N6O. The van der Waals surface area contributed by atoms with Crippen molar-refractivity contribution in [3.8, 4) is 11.4 Å². The summed E-state index contributed by atoms with van der Waals surface area (Å²) in [6.45, 7) is 1.67. The molecule has 32 heavy (non-hydrogen) atoms. The van der Waals surface area contributed by atoms with Gasteiger partial charge in [-0.05, 0) is 37.8 Å². The second-order valence-corrected chi connectivity index (χ2v) is 9.16. The van der Waals surface area contributed by atoms with E-state index in [4.69, 9.17) is 5.10 Å². The van der Waals surface area contributed by atoms with Crippen LogP contribution in [0.3, 0.4) is 0 Å². The molecule has 168 valence electrons. The Balaban J connectivity index is 1.22. The van der Waals surface area contributed by atoms with Gasteiger partial charge in [-0.25, -0.2) is 0 Å². The molecule has 1 saturated carbocycles. The number of carbonyl (C=O) groups is 1. The van der Waals surface area contributed by atoms with Crippen molar-refractivity contribution < 1.29 is 4.79 Å². The van der Waals surface area contributed by atoms with Crippen LogP contribution < -0.4 is 10.2 Å². The highest BCUT2D eigenvalue weighted by molar-refractivity contribution is 5.79. The minimum absolute atomic E-state index is 0.107. The molecule has 1 aliphatic heterocycles. The number of nitrogens with one attached hydrogen (secondary N) is 1. The lowest BCUT2D eigenvalue weighted by atomic mass is 9.93. The van der Waals surface area contributed by atoms with Gasteiger partial charge < -0.3 is 10.2 Å². The third-order valence-electron chi connectivity index (χ3n) is 6.92. The van der Waals surface area contributed by atoms with Crippen LogP contribution in [0.5, 0.6) is 0 Å². The third kappa shape index (κ3) is 4.61. The Morgan fingerprint density at radius 1 is 0.844 bits per heavy atom. The molecule has 1 aromatic carbocycles. The molecule has 1 N–H and O–H groups in total. The Morgan fingerprint density at radius 3 is 2.31 bits per heavy atom. The molecule has 7 heteroatoms. The van der Waals surface area contributed by atoms with E-state index in [2.05, 4.69) is 20.4 Å². The molecule has 3 aromatic rings. The van der Waals surface area contributed by atoms with Crippen LogP contribution in [0.15, 0.2) is 42.5 Å². The SMILES string of the molecule is O=C(NC1CCCCCCC1)C1CCN(c2ccc3nnc(-c4ccccc4)n3n2)CC1. The zero-order valence-corrected chi connectivity index (χ0v) is 18.6. The van der Waals surface area contributed by atoms with Gasteiger partial charge in [-0.2, -0.15) is 4.52 Å². The Hall–Kier alpha value is -2.96. The predicted octanol–water partition coefficient (Wildman–Crippen LogP) is 4.24. The fourth-order valence-electron chi connectivity index (χ4n) is 5.01. The van der Waals surface area contributed by atoms with Crippen LogP contribution in [0.1, 0.15) is 57.8 Å². The summed E-state index contributed by atoms with van der Waals surface area (Å²) in [5.41, 5.74) is 1.73. The molecule has 0 bridgehead atoms. The van der Waals surface area contributed by atoms with Gasteiger partial charge >= 0.3 is 0 Å². The number of nitrogens with zero attached hydrogens (tertiary/aromatic N) is 5. The first kappa shape index (κ1) is 20.9. The fourth-order valence-corrected chi connectivity index (χ4v) is 5.01. The molecule has 1 saturated heterocycles. The minimum Gasteiger partial charge on any atom is -0.355 e. The highest BCUT2D eigenvalue weighted by Crippen LogP contribution is 2.25. The van der Waals surface area contributed by atoms with Gasteiger partial charge in [-0.1, -0.05) is 62.4 Å². The second kappa shape index (κ2) is 9.67. The van der Waals surface area contributed by atoms with Crippen LogP contribution in [0, 0.1) is 5.92 Å². The maximum atomic E-state index is 12.9. The first-order valence-electron chi connectivity index (χ1n) is 12.1. The highest BCUT2D eigenvalue weighted by atomic mass is 16.1. The van der Waals surface area contributed by atoms with E-state index >= 15 is 0 Å². The van der Waals surface area contributed by atoms with Crippen LogP contribution in [0.2, 0.25) is 0 Å². The molecule has 0 atom stereocenters. The van der Waals surface area contributed by atoms with Crippen molar-refractivity contribution in [2.24, 2.45) is 5.92 Å². The molecule has 2 aromatic heterocycles. The van der Waals surface area contributed by atoms with Crippen LogP contribution in [0.4, 0.5) is 5.82 Å². The summed E-state index contributed by atoms with van der Waals surface area (Å²) in [7, 11) is 0. The monoisotopic (exact) mass is 432 g/mol. The van der Waals surface area contributed by atoms with Gasteiger partial charge in [-0.15, -0.1) is 15.3 Å². The van der Waals surface area contributed by atoms with Crippen molar-refractivity contribution in [3.05, 3.63) is 42.5 Å². The number of benzene rings is 1. The van der Waals surface area contributed by atoms with E-state index in [0.29, 0.717) is 6.04 Å². The third-order valence-corrected chi connectivity index (χ3v) is 6.92. The first-order chi connectivity index (χ1) is 15.8. The Bertz CT molecular complexity index is 1030. The van der Waals surface area contributed by atoms with Crippen molar-refractivity contribution >= 4 is 17.4 Å². The largest absolute Gasteiger partial charge is 0.355 e. The van der Waals surface area contributed by atoms with Crippen molar-refractivity contribution in [1.82, 2.24) is 25.1 Å². The van der Waals surface area contributed by atoms with Crippen LogP contribution >= 0.6 is 0 Å². The lowest BCUT2D eigenvalue weighted by molar-refractivity contribution is -0.126. The summed E-state index contributed by atoms with van der Waals surface area (Å²) in [6.07, 6.45) is 10.5. The van der Waals surface area contributed by atoms with Crippen LogP contribution in [0.25, 0.3) is 17.0 Å². The molecule has 3 heterocycles. The zero-order chi connectivity index (χ0) is 21.8. The van der Waals surface area contributed by atoms with Gasteiger partial charge in [0.15, 0.2) is 11.5 Å². The number of anilines is 1. The van der Waals surface area contributed by atoms with Gasteiger partial charge in [0.2, 0.25) is 5.91 Å². The topological polar surface area (TPSA) is 75.4 Å². The number of rotatable bonds is 4. The van der Waals surface area contributed by atoms with E-state index in [-0.39, 0.29) is 11.8 Å². The zero-order valence-electron chi connectivity index (χ0n) is 18.6. The number of hydrogen-bond acceptors (Lipinski definition) is 5. The fraction of sp³-hybridized carbons (Fsp3) is 0.520. The van der Waals surface area contributed by atoms with E-state index < -0.39 is 0 Å². The van der Waals surface area contributed by atoms with Gasteiger partial charge in [0, 0.05) is 30.6 Å². The number of carbonyl (C=O) groups excluding carboxylic acids is 1. The Kier molecular flexibility index (Phi) is 6.32. The molecule has 2 fully saturated rings. The number of aromatic nitrogens is 4. The summed E-state index contributed by atoms with van der Waals surface area (Å²) < 4.78 is 1.82. The van der Waals surface area contributed by atoms with Crippen LogP contribution in [-0.4, -0.2) is 44.8 Å². The van der Waals surface area contributed by atoms with Crippen molar-refractivity contribution in [2.45, 2.75) is 63.8 Å². The normalized spacial score (nSPS) is 18.9. The summed E-state index contributed by atoms with van der Waals surface area (Å²) in [5, 5.41) is 16.8. The maximum Gasteiger partial charge on any atom is 0.223 e. The molecule has 0 unspecified atom stereocenters. The van der Waals surface area contributed by atoms with Gasteiger partial charge in [0.25, 0.3) is 0 Å². The summed E-state index contributed by atoms with van der Waals surface area (Å²) in [4.78, 5) is 15.2. The molecule has 0 radical (unpaired) electrons. The molecule has 1 aliphatic carbocycles.